The number of hydrogen-bond donors (Lipinski definition) is 0. The van der Waals surface area contributed by atoms with Crippen LogP contribution in [0.1, 0.15) is 49.8 Å². The molecule has 2 aliphatic rings. The molecular formula is C28H33N4O2Si+. The van der Waals surface area contributed by atoms with Crippen LogP contribution in [0.15, 0.2) is 60.9 Å². The Kier molecular flexibility index (Phi) is 6.55. The zero-order valence-corrected chi connectivity index (χ0v) is 21.9. The predicted octanol–water partition coefficient (Wildman–Crippen LogP) is 4.41. The summed E-state index contributed by atoms with van der Waals surface area (Å²) in [6.45, 7) is 9.98. The third-order valence-corrected chi connectivity index (χ3v) is 9.63. The average Bonchev–Trinajstić information content (AvgIpc) is 3.62. The number of fused-ring (bicyclic) bond motifs is 1. The normalized spacial score (nSPS) is 21.4. The number of hydrogen-bond acceptors (Lipinski definition) is 5. The highest BCUT2D eigenvalue weighted by Gasteiger charge is 2.51. The fourth-order valence-electron chi connectivity index (χ4n) is 5.08. The Morgan fingerprint density at radius 3 is 2.49 bits per heavy atom. The van der Waals surface area contributed by atoms with E-state index in [9.17, 15) is 4.79 Å². The topological polar surface area (TPSA) is 68.2 Å². The third-order valence-electron chi connectivity index (χ3n) is 6.96. The number of nitrogens with zero attached hydrogens (tertiary/aromatic N) is 4. The van der Waals surface area contributed by atoms with Gasteiger partial charge in [0.2, 0.25) is 0 Å². The molecule has 180 valence electrons. The van der Waals surface area contributed by atoms with Crippen LogP contribution in [0, 0.1) is 18.8 Å². The quantitative estimate of drug-likeness (QED) is 0.484. The van der Waals surface area contributed by atoms with Crippen molar-refractivity contribution in [2.75, 3.05) is 13.2 Å². The summed E-state index contributed by atoms with van der Waals surface area (Å²) in [7, 11) is -1.28. The summed E-state index contributed by atoms with van der Waals surface area (Å²) in [6, 6.07) is 16.2. The molecular weight excluding hydrogens is 452 g/mol. The highest BCUT2D eigenvalue weighted by Crippen LogP contribution is 2.47. The van der Waals surface area contributed by atoms with E-state index in [0.717, 1.165) is 18.7 Å². The van der Waals surface area contributed by atoms with Gasteiger partial charge >= 0.3 is 9.04 Å². The van der Waals surface area contributed by atoms with Crippen LogP contribution in [0.4, 0.5) is 0 Å². The molecule has 1 aliphatic heterocycles. The van der Waals surface area contributed by atoms with Gasteiger partial charge in [-0.25, -0.2) is 19.4 Å². The second-order valence-electron chi connectivity index (χ2n) is 10.8. The predicted molar refractivity (Wildman–Crippen MR) is 139 cm³/mol. The Morgan fingerprint density at radius 2 is 1.77 bits per heavy atom. The minimum absolute atomic E-state index is 0.0353. The molecule has 5 rings (SSSR count). The average molecular weight is 486 g/mol. The SMILES string of the molecule is Cc1ccc(-c2ncccn2)c(C(=O)N2C[C@@H]3C[C@@H]3C[C@H]2CO[Si+](c2ccccc2)C(C)(C)C)n1. The lowest BCUT2D eigenvalue weighted by atomic mass is 10.0. The van der Waals surface area contributed by atoms with Crippen LogP contribution in [0.25, 0.3) is 11.4 Å². The van der Waals surface area contributed by atoms with E-state index in [-0.39, 0.29) is 17.0 Å². The summed E-state index contributed by atoms with van der Waals surface area (Å²) >= 11 is 0. The van der Waals surface area contributed by atoms with Gasteiger partial charge in [-0.15, -0.1) is 0 Å². The number of carbonyl (C=O) groups is 1. The van der Waals surface area contributed by atoms with Crippen molar-refractivity contribution in [1.29, 1.82) is 0 Å². The van der Waals surface area contributed by atoms with E-state index in [1.54, 1.807) is 18.5 Å². The molecule has 0 radical (unpaired) electrons. The molecule has 0 bridgehead atoms. The summed E-state index contributed by atoms with van der Waals surface area (Å²) in [4.78, 5) is 29.5. The molecule has 1 amide bonds. The van der Waals surface area contributed by atoms with E-state index in [1.165, 1.54) is 11.6 Å². The second kappa shape index (κ2) is 9.63. The van der Waals surface area contributed by atoms with Gasteiger partial charge in [-0.3, -0.25) is 4.79 Å². The van der Waals surface area contributed by atoms with Gasteiger partial charge in [-0.05, 0) is 82.7 Å². The van der Waals surface area contributed by atoms with Gasteiger partial charge in [0, 0.05) is 24.6 Å². The van der Waals surface area contributed by atoms with E-state index >= 15 is 0 Å². The number of pyridine rings is 1. The minimum atomic E-state index is -1.28. The molecule has 1 saturated carbocycles. The molecule has 6 nitrogen and oxygen atoms in total. The van der Waals surface area contributed by atoms with Crippen LogP contribution < -0.4 is 5.19 Å². The van der Waals surface area contributed by atoms with Crippen molar-refractivity contribution in [3.63, 3.8) is 0 Å². The van der Waals surface area contributed by atoms with Gasteiger partial charge in [-0.1, -0.05) is 18.2 Å². The first-order valence-electron chi connectivity index (χ1n) is 12.4. The highest BCUT2D eigenvalue weighted by molar-refractivity contribution is 6.70. The van der Waals surface area contributed by atoms with Crippen molar-refractivity contribution < 1.29 is 9.22 Å². The molecule has 2 fully saturated rings. The van der Waals surface area contributed by atoms with Crippen molar-refractivity contribution in [1.82, 2.24) is 19.9 Å². The molecule has 7 heteroatoms. The van der Waals surface area contributed by atoms with Crippen molar-refractivity contribution in [3.8, 4) is 11.4 Å². The first-order valence-corrected chi connectivity index (χ1v) is 13.8. The molecule has 0 unspecified atom stereocenters. The van der Waals surface area contributed by atoms with Crippen molar-refractivity contribution >= 4 is 20.1 Å². The van der Waals surface area contributed by atoms with Gasteiger partial charge in [0.15, 0.2) is 5.82 Å². The fourth-order valence-corrected chi connectivity index (χ4v) is 7.40. The second-order valence-corrected chi connectivity index (χ2v) is 13.8. The number of benzene rings is 1. The molecule has 0 spiro atoms. The number of aryl methyl sites for hydroxylation is 1. The maximum absolute atomic E-state index is 14.0. The Hall–Kier alpha value is -2.90. The van der Waals surface area contributed by atoms with E-state index in [2.05, 4.69) is 60.0 Å². The lowest BCUT2D eigenvalue weighted by Gasteiger charge is -2.35. The van der Waals surface area contributed by atoms with Crippen LogP contribution in [0.2, 0.25) is 5.04 Å². The zero-order chi connectivity index (χ0) is 24.6. The smallest absolute Gasteiger partial charge is 0.332 e. The van der Waals surface area contributed by atoms with Gasteiger partial charge in [0.1, 0.15) is 22.5 Å². The Morgan fingerprint density at radius 1 is 1.03 bits per heavy atom. The van der Waals surface area contributed by atoms with Crippen LogP contribution in [-0.4, -0.2) is 54.0 Å². The fraction of sp³-hybridized carbons (Fsp3) is 0.429. The monoisotopic (exact) mass is 485 g/mol. The van der Waals surface area contributed by atoms with E-state index in [1.807, 2.05) is 30.0 Å². The molecule has 2 aromatic heterocycles. The Labute approximate surface area is 209 Å². The van der Waals surface area contributed by atoms with Crippen LogP contribution in [-0.2, 0) is 4.43 Å². The standard InChI is InChI=1S/C28H33N4O2Si/c1-19-11-12-24(26-29-13-8-14-30-26)25(31-19)27(33)32-17-21-15-20(21)16-22(32)18-34-35(28(2,3)4)23-9-6-5-7-10-23/h5-14,20-22H,15-18H2,1-4H3/q+1/t20-,21+,22+/m1/s1. The molecule has 3 heterocycles. The Bertz CT molecular complexity index is 1180. The van der Waals surface area contributed by atoms with E-state index in [4.69, 9.17) is 4.43 Å². The highest BCUT2D eigenvalue weighted by atomic mass is 28.3. The maximum atomic E-state index is 14.0. The van der Waals surface area contributed by atoms with Gasteiger partial charge in [0.25, 0.3) is 5.91 Å². The first kappa shape index (κ1) is 23.8. The number of piperidine rings is 1. The molecule has 1 aromatic carbocycles. The Balaban J connectivity index is 1.41. The van der Waals surface area contributed by atoms with Crippen LogP contribution in [0.5, 0.6) is 0 Å². The van der Waals surface area contributed by atoms with Gasteiger partial charge in [0.05, 0.1) is 11.6 Å². The zero-order valence-electron chi connectivity index (χ0n) is 20.9. The number of likely N-dealkylation sites (tertiary alicyclic amines) is 1. The minimum Gasteiger partial charge on any atom is -0.332 e. The summed E-state index contributed by atoms with van der Waals surface area (Å²) in [5, 5.41) is 1.31. The molecule has 1 aliphatic carbocycles. The van der Waals surface area contributed by atoms with E-state index < -0.39 is 9.04 Å². The van der Waals surface area contributed by atoms with Gasteiger partial charge < -0.3 is 4.90 Å². The maximum Gasteiger partial charge on any atom is 0.517 e. The lowest BCUT2D eigenvalue weighted by molar-refractivity contribution is 0.0503. The van der Waals surface area contributed by atoms with Crippen molar-refractivity contribution in [2.45, 2.75) is 51.6 Å². The summed E-state index contributed by atoms with van der Waals surface area (Å²) < 4.78 is 6.72. The molecule has 35 heavy (non-hydrogen) atoms. The molecule has 0 N–H and O–H groups in total. The van der Waals surface area contributed by atoms with Gasteiger partial charge in [-0.2, -0.15) is 0 Å². The number of carbonyl (C=O) groups excluding carboxylic acids is 1. The van der Waals surface area contributed by atoms with Crippen molar-refractivity contribution in [2.24, 2.45) is 11.8 Å². The van der Waals surface area contributed by atoms with Crippen molar-refractivity contribution in [3.05, 3.63) is 72.3 Å². The van der Waals surface area contributed by atoms with Crippen LogP contribution in [0.3, 0.4) is 0 Å². The first-order chi connectivity index (χ1) is 16.8. The molecule has 3 aromatic rings. The number of aromatic nitrogens is 3. The van der Waals surface area contributed by atoms with E-state index in [0.29, 0.717) is 35.5 Å². The summed E-state index contributed by atoms with van der Waals surface area (Å²) in [5.74, 6) is 1.79. The summed E-state index contributed by atoms with van der Waals surface area (Å²) in [5.41, 5.74) is 1.93. The third kappa shape index (κ3) is 5.21. The number of amides is 1. The largest absolute Gasteiger partial charge is 0.517 e. The van der Waals surface area contributed by atoms with Crippen LogP contribution >= 0.6 is 0 Å². The molecule has 3 atom stereocenters. The summed E-state index contributed by atoms with van der Waals surface area (Å²) in [6.07, 6.45) is 5.59. The number of rotatable bonds is 6. The molecule has 1 saturated heterocycles. The lowest BCUT2D eigenvalue weighted by Crippen LogP contribution is -2.50.